The molecule has 0 heterocycles. The van der Waals surface area contributed by atoms with Crippen LogP contribution in [0, 0.1) is 0 Å². The highest BCUT2D eigenvalue weighted by Crippen LogP contribution is 2.20. The van der Waals surface area contributed by atoms with Crippen molar-refractivity contribution in [3.63, 3.8) is 0 Å². The fourth-order valence-electron chi connectivity index (χ4n) is 2.26. The van der Waals surface area contributed by atoms with E-state index in [2.05, 4.69) is 24.4 Å². The van der Waals surface area contributed by atoms with Crippen LogP contribution in [0.5, 0.6) is 0 Å². The van der Waals surface area contributed by atoms with Gasteiger partial charge in [0.05, 0.1) is 0 Å². The van der Waals surface area contributed by atoms with Gasteiger partial charge in [0.1, 0.15) is 12.3 Å². The molecule has 1 aromatic carbocycles. The van der Waals surface area contributed by atoms with Crippen molar-refractivity contribution >= 4 is 6.21 Å². The molecule has 1 aliphatic rings. The third-order valence-electron chi connectivity index (χ3n) is 3.32. The van der Waals surface area contributed by atoms with Crippen molar-refractivity contribution in [3.8, 4) is 0 Å². The lowest BCUT2D eigenvalue weighted by molar-refractivity contribution is 0.0340. The molecule has 2 heteroatoms. The molecule has 0 atom stereocenters. The first-order chi connectivity index (χ1) is 8.40. The van der Waals surface area contributed by atoms with Crippen LogP contribution in [0.25, 0.3) is 0 Å². The van der Waals surface area contributed by atoms with Crippen LogP contribution in [0.3, 0.4) is 0 Å². The largest absolute Gasteiger partial charge is 0.392 e. The molecule has 0 amide bonds. The van der Waals surface area contributed by atoms with Gasteiger partial charge in [0.2, 0.25) is 0 Å². The Morgan fingerprint density at radius 3 is 2.76 bits per heavy atom. The van der Waals surface area contributed by atoms with Gasteiger partial charge in [0.15, 0.2) is 0 Å². The molecular weight excluding hydrogens is 210 g/mol. The molecule has 17 heavy (non-hydrogen) atoms. The summed E-state index contributed by atoms with van der Waals surface area (Å²) in [7, 11) is 0. The van der Waals surface area contributed by atoms with Gasteiger partial charge in [0, 0.05) is 5.56 Å². The SMILES string of the molecule is CCc1ccccc1/[C]=N/OC1CCCCC1. The first-order valence-electron chi connectivity index (χ1n) is 6.60. The summed E-state index contributed by atoms with van der Waals surface area (Å²) >= 11 is 0. The highest BCUT2D eigenvalue weighted by atomic mass is 16.6. The first kappa shape index (κ1) is 12.2. The fraction of sp³-hybridized carbons (Fsp3) is 0.533. The maximum absolute atomic E-state index is 5.50. The van der Waals surface area contributed by atoms with Gasteiger partial charge in [-0.1, -0.05) is 42.8 Å². The van der Waals surface area contributed by atoms with Crippen molar-refractivity contribution in [3.05, 3.63) is 35.4 Å². The van der Waals surface area contributed by atoms with Crippen molar-refractivity contribution < 1.29 is 4.84 Å². The van der Waals surface area contributed by atoms with Crippen molar-refractivity contribution in [2.45, 2.75) is 51.6 Å². The Morgan fingerprint density at radius 1 is 1.24 bits per heavy atom. The zero-order valence-corrected chi connectivity index (χ0v) is 10.5. The summed E-state index contributed by atoms with van der Waals surface area (Å²) in [6.07, 6.45) is 10.5. The smallest absolute Gasteiger partial charge is 0.139 e. The van der Waals surface area contributed by atoms with Gasteiger partial charge >= 0.3 is 0 Å². The highest BCUT2D eigenvalue weighted by Gasteiger charge is 2.13. The first-order valence-corrected chi connectivity index (χ1v) is 6.60. The molecule has 0 unspecified atom stereocenters. The molecule has 0 saturated heterocycles. The van der Waals surface area contributed by atoms with E-state index in [-0.39, 0.29) is 0 Å². The number of hydrogen-bond donors (Lipinski definition) is 0. The standard InChI is InChI=1S/C15H20NO/c1-2-13-8-6-7-9-14(13)12-16-17-15-10-4-3-5-11-15/h6-9,15H,2-5,10-11H2,1H3. The molecule has 1 aromatic rings. The van der Waals surface area contributed by atoms with Crippen molar-refractivity contribution in [2.24, 2.45) is 5.16 Å². The highest BCUT2D eigenvalue weighted by molar-refractivity contribution is 5.81. The van der Waals surface area contributed by atoms with Crippen LogP contribution in [0.1, 0.15) is 50.2 Å². The minimum Gasteiger partial charge on any atom is -0.392 e. The van der Waals surface area contributed by atoms with Gasteiger partial charge in [-0.05, 0) is 37.7 Å². The summed E-state index contributed by atoms with van der Waals surface area (Å²) in [4.78, 5) is 5.50. The van der Waals surface area contributed by atoms with Gasteiger partial charge < -0.3 is 4.84 Å². The lowest BCUT2D eigenvalue weighted by atomic mass is 9.98. The minimum atomic E-state index is 0.310. The Balaban J connectivity index is 1.90. The molecule has 1 fully saturated rings. The maximum Gasteiger partial charge on any atom is 0.139 e. The van der Waals surface area contributed by atoms with E-state index in [0.29, 0.717) is 6.10 Å². The van der Waals surface area contributed by atoms with Gasteiger partial charge in [0.25, 0.3) is 0 Å². The van der Waals surface area contributed by atoms with Gasteiger partial charge in [-0.15, -0.1) is 0 Å². The monoisotopic (exact) mass is 230 g/mol. The normalized spacial score (nSPS) is 17.5. The predicted molar refractivity (Wildman–Crippen MR) is 70.3 cm³/mol. The number of benzene rings is 1. The van der Waals surface area contributed by atoms with E-state index >= 15 is 0 Å². The summed E-state index contributed by atoms with van der Waals surface area (Å²) in [6, 6.07) is 8.20. The number of hydrogen-bond acceptors (Lipinski definition) is 2. The Bertz CT molecular complexity index is 367. The molecule has 0 aromatic heterocycles. The van der Waals surface area contributed by atoms with Crippen LogP contribution >= 0.6 is 0 Å². The van der Waals surface area contributed by atoms with Crippen LogP contribution in [-0.4, -0.2) is 12.3 Å². The summed E-state index contributed by atoms with van der Waals surface area (Å²) in [5.41, 5.74) is 2.31. The number of aryl methyl sites for hydroxylation is 1. The van der Waals surface area contributed by atoms with Crippen molar-refractivity contribution in [2.75, 3.05) is 0 Å². The molecular formula is C15H20NO. The van der Waals surface area contributed by atoms with E-state index in [9.17, 15) is 0 Å². The van der Waals surface area contributed by atoms with E-state index in [1.165, 1.54) is 24.8 Å². The Labute approximate surface area is 104 Å². The molecule has 91 valence electrons. The molecule has 1 saturated carbocycles. The predicted octanol–water partition coefficient (Wildman–Crippen LogP) is 3.81. The maximum atomic E-state index is 5.50. The van der Waals surface area contributed by atoms with Crippen LogP contribution in [0.4, 0.5) is 0 Å². The second-order valence-corrected chi connectivity index (χ2v) is 4.58. The topological polar surface area (TPSA) is 21.6 Å². The Morgan fingerprint density at radius 2 is 2.00 bits per heavy atom. The molecule has 0 N–H and O–H groups in total. The van der Waals surface area contributed by atoms with E-state index in [4.69, 9.17) is 4.84 Å². The van der Waals surface area contributed by atoms with Gasteiger partial charge in [-0.2, -0.15) is 0 Å². The zero-order chi connectivity index (χ0) is 11.9. The summed E-state index contributed by atoms with van der Waals surface area (Å²) in [6.45, 7) is 2.14. The average molecular weight is 230 g/mol. The molecule has 1 aliphatic carbocycles. The van der Waals surface area contributed by atoms with E-state index < -0.39 is 0 Å². The number of rotatable bonds is 4. The molecule has 0 bridgehead atoms. The van der Waals surface area contributed by atoms with E-state index in [1.54, 1.807) is 0 Å². The quantitative estimate of drug-likeness (QED) is 0.569. The van der Waals surface area contributed by atoms with Crippen molar-refractivity contribution in [1.82, 2.24) is 0 Å². The van der Waals surface area contributed by atoms with Gasteiger partial charge in [-0.25, -0.2) is 0 Å². The molecule has 2 nitrogen and oxygen atoms in total. The minimum absolute atomic E-state index is 0.310. The van der Waals surface area contributed by atoms with Crippen LogP contribution in [0.2, 0.25) is 0 Å². The van der Waals surface area contributed by atoms with E-state index in [0.717, 1.165) is 24.8 Å². The fourth-order valence-corrected chi connectivity index (χ4v) is 2.26. The number of nitrogens with zero attached hydrogens (tertiary/aromatic N) is 1. The summed E-state index contributed by atoms with van der Waals surface area (Å²) < 4.78 is 0. The third-order valence-corrected chi connectivity index (χ3v) is 3.32. The van der Waals surface area contributed by atoms with Crippen LogP contribution in [0.15, 0.2) is 29.4 Å². The third kappa shape index (κ3) is 3.58. The summed E-state index contributed by atoms with van der Waals surface area (Å²) in [5.74, 6) is 0. The van der Waals surface area contributed by atoms with Crippen LogP contribution in [-0.2, 0) is 11.3 Å². The lowest BCUT2D eigenvalue weighted by Gasteiger charge is -2.18. The van der Waals surface area contributed by atoms with E-state index in [1.807, 2.05) is 18.2 Å². The Kier molecular flexibility index (Phi) is 4.60. The second kappa shape index (κ2) is 6.43. The zero-order valence-electron chi connectivity index (χ0n) is 10.5. The molecule has 1 radical (unpaired) electrons. The molecule has 2 rings (SSSR count). The molecule has 0 aliphatic heterocycles. The molecule has 0 spiro atoms. The van der Waals surface area contributed by atoms with Gasteiger partial charge in [-0.3, -0.25) is 0 Å². The van der Waals surface area contributed by atoms with Crippen molar-refractivity contribution in [1.29, 1.82) is 0 Å². The lowest BCUT2D eigenvalue weighted by Crippen LogP contribution is -2.13. The average Bonchev–Trinajstić information content (AvgIpc) is 2.40. The Hall–Kier alpha value is -1.31. The summed E-state index contributed by atoms with van der Waals surface area (Å²) in [5, 5.41) is 4.02. The second-order valence-electron chi connectivity index (χ2n) is 4.58. The van der Waals surface area contributed by atoms with Crippen LogP contribution < -0.4 is 0 Å².